The van der Waals surface area contributed by atoms with E-state index in [9.17, 15) is 18.0 Å². The number of alkyl halides is 3. The van der Waals surface area contributed by atoms with E-state index in [1.54, 1.807) is 13.8 Å². The normalized spacial score (nSPS) is 13.6. The third-order valence-electron chi connectivity index (χ3n) is 2.17. The maximum absolute atomic E-state index is 11.8. The van der Waals surface area contributed by atoms with Crippen molar-refractivity contribution in [3.05, 3.63) is 0 Å². The van der Waals surface area contributed by atoms with Crippen molar-refractivity contribution in [2.24, 2.45) is 0 Å². The molecule has 0 aliphatic carbocycles. The number of nitrogens with one attached hydrogen (secondary N) is 1. The molecule has 0 radical (unpaired) electrons. The predicted octanol–water partition coefficient (Wildman–Crippen LogP) is 2.50. The average molecular weight is 243 g/mol. The molecule has 1 N–H and O–H groups in total. The molecule has 0 bridgehead atoms. The molecule has 0 aliphatic rings. The van der Waals surface area contributed by atoms with E-state index in [-0.39, 0.29) is 0 Å². The van der Waals surface area contributed by atoms with Crippen LogP contribution in [-0.4, -0.2) is 30.8 Å². The van der Waals surface area contributed by atoms with Crippen LogP contribution in [0.15, 0.2) is 0 Å². The smallest absolute Gasteiger partial charge is 0.377 e. The number of ether oxygens (including phenoxy) is 1. The Labute approximate surface area is 94.4 Å². The Morgan fingerprint density at radius 3 is 1.88 bits per heavy atom. The van der Waals surface area contributed by atoms with Gasteiger partial charge in [-0.3, -0.25) is 4.79 Å². The SMILES string of the molecule is CC.COC(C)(C)C(C)NC(=O)C(F)(F)F. The number of halogens is 3. The highest BCUT2D eigenvalue weighted by atomic mass is 19.4. The van der Waals surface area contributed by atoms with Gasteiger partial charge in [0.1, 0.15) is 0 Å². The molecule has 0 aromatic heterocycles. The Hall–Kier alpha value is -0.780. The van der Waals surface area contributed by atoms with E-state index in [4.69, 9.17) is 4.74 Å². The van der Waals surface area contributed by atoms with Crippen molar-refractivity contribution in [2.45, 2.75) is 52.4 Å². The number of amides is 1. The Morgan fingerprint density at radius 1 is 1.25 bits per heavy atom. The van der Waals surface area contributed by atoms with Gasteiger partial charge in [0.15, 0.2) is 0 Å². The number of hydrogen-bond donors (Lipinski definition) is 1. The van der Waals surface area contributed by atoms with Crippen molar-refractivity contribution in [3.63, 3.8) is 0 Å². The third-order valence-corrected chi connectivity index (χ3v) is 2.17. The second-order valence-corrected chi connectivity index (χ2v) is 3.50. The quantitative estimate of drug-likeness (QED) is 0.827. The molecule has 0 rings (SSSR count). The highest BCUT2D eigenvalue weighted by Crippen LogP contribution is 2.18. The summed E-state index contributed by atoms with van der Waals surface area (Å²) >= 11 is 0. The van der Waals surface area contributed by atoms with Gasteiger partial charge in [-0.2, -0.15) is 13.2 Å². The highest BCUT2D eigenvalue weighted by Gasteiger charge is 2.41. The van der Waals surface area contributed by atoms with E-state index in [2.05, 4.69) is 0 Å². The van der Waals surface area contributed by atoms with Crippen LogP contribution in [-0.2, 0) is 9.53 Å². The van der Waals surface area contributed by atoms with E-state index in [0.29, 0.717) is 0 Å². The Morgan fingerprint density at radius 2 is 1.62 bits per heavy atom. The summed E-state index contributed by atoms with van der Waals surface area (Å²) in [5.41, 5.74) is -0.832. The van der Waals surface area contributed by atoms with Crippen molar-refractivity contribution in [1.82, 2.24) is 5.32 Å². The van der Waals surface area contributed by atoms with Gasteiger partial charge in [-0.1, -0.05) is 13.8 Å². The Balaban J connectivity index is 0. The maximum atomic E-state index is 11.8. The minimum atomic E-state index is -4.85. The van der Waals surface area contributed by atoms with Gasteiger partial charge in [-0.25, -0.2) is 0 Å². The molecule has 1 amide bonds. The largest absolute Gasteiger partial charge is 0.471 e. The minimum absolute atomic E-state index is 0.721. The molecule has 0 saturated heterocycles. The van der Waals surface area contributed by atoms with E-state index in [1.165, 1.54) is 14.0 Å². The fourth-order valence-electron chi connectivity index (χ4n) is 0.629. The summed E-state index contributed by atoms with van der Waals surface area (Å²) < 4.78 is 40.5. The topological polar surface area (TPSA) is 38.3 Å². The zero-order valence-electron chi connectivity index (χ0n) is 10.5. The molecular formula is C10H20F3NO2. The summed E-state index contributed by atoms with van der Waals surface area (Å²) in [5, 5.41) is 1.82. The van der Waals surface area contributed by atoms with Crippen molar-refractivity contribution in [3.8, 4) is 0 Å². The van der Waals surface area contributed by atoms with Crippen LogP contribution < -0.4 is 5.32 Å². The lowest BCUT2D eigenvalue weighted by molar-refractivity contribution is -0.176. The first-order valence-corrected chi connectivity index (χ1v) is 5.04. The zero-order chi connectivity index (χ0) is 13.6. The van der Waals surface area contributed by atoms with Gasteiger partial charge in [0.2, 0.25) is 0 Å². The van der Waals surface area contributed by atoms with Crippen LogP contribution in [0.3, 0.4) is 0 Å². The molecule has 1 unspecified atom stereocenters. The van der Waals surface area contributed by atoms with Crippen LogP contribution in [0, 0.1) is 0 Å². The molecule has 0 heterocycles. The standard InChI is InChI=1S/C8H14F3NO2.C2H6/c1-5(7(2,3)14-4)12-6(13)8(9,10)11;1-2/h5H,1-4H3,(H,12,13);1-2H3. The molecule has 0 fully saturated rings. The lowest BCUT2D eigenvalue weighted by Crippen LogP contribution is -2.51. The number of hydrogen-bond acceptors (Lipinski definition) is 2. The van der Waals surface area contributed by atoms with Gasteiger partial charge in [0.05, 0.1) is 11.6 Å². The van der Waals surface area contributed by atoms with Crippen molar-refractivity contribution in [2.75, 3.05) is 7.11 Å². The average Bonchev–Trinajstić information content (AvgIpc) is 2.19. The predicted molar refractivity (Wildman–Crippen MR) is 56.1 cm³/mol. The maximum Gasteiger partial charge on any atom is 0.471 e. The second-order valence-electron chi connectivity index (χ2n) is 3.50. The highest BCUT2D eigenvalue weighted by molar-refractivity contribution is 5.82. The fraction of sp³-hybridized carbons (Fsp3) is 0.900. The number of carbonyl (C=O) groups excluding carboxylic acids is 1. The van der Waals surface area contributed by atoms with E-state index >= 15 is 0 Å². The summed E-state index contributed by atoms with van der Waals surface area (Å²) in [7, 11) is 1.37. The van der Waals surface area contributed by atoms with Gasteiger partial charge in [0.25, 0.3) is 0 Å². The minimum Gasteiger partial charge on any atom is -0.377 e. The number of methoxy groups -OCH3 is 1. The van der Waals surface area contributed by atoms with Crippen LogP contribution in [0.2, 0.25) is 0 Å². The zero-order valence-corrected chi connectivity index (χ0v) is 10.5. The first kappa shape index (κ1) is 17.6. The van der Waals surface area contributed by atoms with Crippen LogP contribution in [0.5, 0.6) is 0 Å². The number of rotatable bonds is 3. The summed E-state index contributed by atoms with van der Waals surface area (Å²) in [5.74, 6) is -1.95. The van der Waals surface area contributed by atoms with Gasteiger partial charge in [0, 0.05) is 7.11 Å². The van der Waals surface area contributed by atoms with E-state index in [1.807, 2.05) is 19.2 Å². The van der Waals surface area contributed by atoms with Crippen molar-refractivity contribution in [1.29, 1.82) is 0 Å². The van der Waals surface area contributed by atoms with Gasteiger partial charge < -0.3 is 10.1 Å². The molecule has 3 nitrogen and oxygen atoms in total. The van der Waals surface area contributed by atoms with Gasteiger partial charge in [-0.15, -0.1) is 0 Å². The molecule has 0 aliphatic heterocycles. The lowest BCUT2D eigenvalue weighted by atomic mass is 10.0. The summed E-state index contributed by atoms with van der Waals surface area (Å²) in [4.78, 5) is 10.5. The second kappa shape index (κ2) is 6.73. The van der Waals surface area contributed by atoms with Gasteiger partial charge in [-0.05, 0) is 20.8 Å². The van der Waals surface area contributed by atoms with Crippen LogP contribution in [0.25, 0.3) is 0 Å². The molecule has 0 aromatic carbocycles. The summed E-state index contributed by atoms with van der Waals surface area (Å²) in [6, 6.07) is -0.721. The Bertz CT molecular complexity index is 215. The molecule has 16 heavy (non-hydrogen) atoms. The number of carbonyl (C=O) groups is 1. The summed E-state index contributed by atoms with van der Waals surface area (Å²) in [6.07, 6.45) is -4.85. The molecule has 0 saturated carbocycles. The first-order chi connectivity index (χ1) is 7.11. The van der Waals surface area contributed by atoms with Crippen LogP contribution in [0.4, 0.5) is 13.2 Å². The van der Waals surface area contributed by atoms with E-state index in [0.717, 1.165) is 0 Å². The first-order valence-electron chi connectivity index (χ1n) is 5.04. The van der Waals surface area contributed by atoms with Crippen molar-refractivity contribution >= 4 is 5.91 Å². The molecule has 6 heteroatoms. The van der Waals surface area contributed by atoms with Crippen molar-refractivity contribution < 1.29 is 22.7 Å². The third kappa shape index (κ3) is 5.95. The van der Waals surface area contributed by atoms with Crippen LogP contribution in [0.1, 0.15) is 34.6 Å². The molecule has 0 spiro atoms. The summed E-state index contributed by atoms with van der Waals surface area (Å²) in [6.45, 7) is 8.63. The van der Waals surface area contributed by atoms with Crippen LogP contribution >= 0.6 is 0 Å². The molecule has 0 aromatic rings. The monoisotopic (exact) mass is 243 g/mol. The fourth-order valence-corrected chi connectivity index (χ4v) is 0.629. The lowest BCUT2D eigenvalue weighted by Gasteiger charge is -2.31. The molecular weight excluding hydrogens is 223 g/mol. The molecule has 1 atom stereocenters. The Kier molecular flexibility index (Phi) is 7.40. The molecule has 98 valence electrons. The van der Waals surface area contributed by atoms with Gasteiger partial charge >= 0.3 is 12.1 Å². The van der Waals surface area contributed by atoms with E-state index < -0.39 is 23.7 Å².